The first-order valence-electron chi connectivity index (χ1n) is 6.57. The summed E-state index contributed by atoms with van der Waals surface area (Å²) in [4.78, 5) is 10.6. The van der Waals surface area contributed by atoms with E-state index in [0.717, 1.165) is 12.1 Å². The third kappa shape index (κ3) is 4.89. The molecule has 3 N–H and O–H groups in total. The standard InChI is InChI=1S/C13H14F3NO6/c14-13(15,16)23-7-1-2-9-8(5-7)10(21-4-3-18)6-11(17-9)22-12(19)20/h1-2,5,10-11,17-18H,3-4,6H2,(H,19,20). The quantitative estimate of drug-likeness (QED) is 0.710. The molecule has 0 radical (unpaired) electrons. The Bertz CT molecular complexity index is 565. The molecule has 0 spiro atoms. The highest BCUT2D eigenvalue weighted by Crippen LogP contribution is 2.38. The summed E-state index contributed by atoms with van der Waals surface area (Å²) >= 11 is 0. The topological polar surface area (TPSA) is 97.3 Å². The first-order valence-corrected chi connectivity index (χ1v) is 6.57. The molecule has 2 rings (SSSR count). The van der Waals surface area contributed by atoms with Gasteiger partial charge in [-0.25, -0.2) is 4.79 Å². The van der Waals surface area contributed by atoms with E-state index in [1.54, 1.807) is 0 Å². The Kier molecular flexibility index (Phi) is 5.16. The number of alkyl halides is 3. The third-order valence-corrected chi connectivity index (χ3v) is 3.00. The minimum atomic E-state index is -4.83. The molecule has 1 aliphatic rings. The van der Waals surface area contributed by atoms with Gasteiger partial charge in [-0.2, -0.15) is 0 Å². The molecule has 0 amide bonds. The lowest BCUT2D eigenvalue weighted by atomic mass is 9.99. The fourth-order valence-corrected chi connectivity index (χ4v) is 2.24. The molecule has 7 nitrogen and oxygen atoms in total. The third-order valence-electron chi connectivity index (χ3n) is 3.00. The molecule has 0 aliphatic carbocycles. The molecule has 1 aromatic rings. The van der Waals surface area contributed by atoms with E-state index in [0.29, 0.717) is 11.3 Å². The molecule has 1 heterocycles. The van der Waals surface area contributed by atoms with Crippen molar-refractivity contribution in [3.8, 4) is 5.75 Å². The van der Waals surface area contributed by atoms with Crippen molar-refractivity contribution in [2.24, 2.45) is 0 Å². The number of halogens is 3. The van der Waals surface area contributed by atoms with E-state index in [9.17, 15) is 18.0 Å². The van der Waals surface area contributed by atoms with Crippen molar-refractivity contribution in [3.63, 3.8) is 0 Å². The Balaban J connectivity index is 2.25. The second-order valence-corrected chi connectivity index (χ2v) is 4.63. The Morgan fingerprint density at radius 2 is 2.13 bits per heavy atom. The van der Waals surface area contributed by atoms with Crippen LogP contribution in [-0.2, 0) is 9.47 Å². The highest BCUT2D eigenvalue weighted by molar-refractivity contribution is 5.60. The molecule has 0 saturated carbocycles. The largest absolute Gasteiger partial charge is 0.573 e. The monoisotopic (exact) mass is 337 g/mol. The molecule has 0 aromatic heterocycles. The van der Waals surface area contributed by atoms with E-state index >= 15 is 0 Å². The predicted molar refractivity (Wildman–Crippen MR) is 70.0 cm³/mol. The molecule has 1 aliphatic heterocycles. The highest BCUT2D eigenvalue weighted by atomic mass is 19.4. The number of aliphatic hydroxyl groups excluding tert-OH is 1. The van der Waals surface area contributed by atoms with Gasteiger partial charge in [0.15, 0.2) is 6.23 Å². The molecule has 1 aromatic carbocycles. The van der Waals surface area contributed by atoms with E-state index < -0.39 is 30.6 Å². The van der Waals surface area contributed by atoms with Gasteiger partial charge in [-0.1, -0.05) is 0 Å². The van der Waals surface area contributed by atoms with E-state index in [1.807, 2.05) is 0 Å². The molecular formula is C13H14F3NO6. The van der Waals surface area contributed by atoms with Crippen molar-refractivity contribution < 1.29 is 42.4 Å². The van der Waals surface area contributed by atoms with Gasteiger partial charge in [0, 0.05) is 17.7 Å². The normalized spacial score (nSPS) is 20.3. The van der Waals surface area contributed by atoms with Crippen molar-refractivity contribution >= 4 is 11.8 Å². The first kappa shape index (κ1) is 17.2. The summed E-state index contributed by atoms with van der Waals surface area (Å²) in [6, 6.07) is 3.55. The molecule has 2 unspecified atom stereocenters. The van der Waals surface area contributed by atoms with Crippen LogP contribution in [0, 0.1) is 0 Å². The van der Waals surface area contributed by atoms with Crippen molar-refractivity contribution in [1.82, 2.24) is 0 Å². The number of aliphatic hydroxyl groups is 1. The molecule has 128 valence electrons. The lowest BCUT2D eigenvalue weighted by Gasteiger charge is -2.32. The van der Waals surface area contributed by atoms with Crippen LogP contribution in [0.3, 0.4) is 0 Å². The minimum absolute atomic E-state index is 0.0365. The second-order valence-electron chi connectivity index (χ2n) is 4.63. The molecule has 0 bridgehead atoms. The van der Waals surface area contributed by atoms with Gasteiger partial charge in [0.1, 0.15) is 5.75 Å². The van der Waals surface area contributed by atoms with E-state index in [1.165, 1.54) is 6.07 Å². The van der Waals surface area contributed by atoms with Gasteiger partial charge in [-0.15, -0.1) is 13.2 Å². The zero-order chi connectivity index (χ0) is 17.0. The van der Waals surface area contributed by atoms with Gasteiger partial charge in [-0.3, -0.25) is 0 Å². The number of carboxylic acid groups (broad SMARTS) is 1. The molecule has 10 heteroatoms. The first-order chi connectivity index (χ1) is 10.8. The van der Waals surface area contributed by atoms with Crippen LogP contribution >= 0.6 is 0 Å². The van der Waals surface area contributed by atoms with E-state index in [-0.39, 0.29) is 19.6 Å². The average molecular weight is 337 g/mol. The van der Waals surface area contributed by atoms with Crippen molar-refractivity contribution in [1.29, 1.82) is 0 Å². The number of hydrogen-bond acceptors (Lipinski definition) is 6. The van der Waals surface area contributed by atoms with E-state index in [4.69, 9.17) is 14.9 Å². The summed E-state index contributed by atoms with van der Waals surface area (Å²) < 4.78 is 50.7. The van der Waals surface area contributed by atoms with E-state index in [2.05, 4.69) is 14.8 Å². The fourth-order valence-electron chi connectivity index (χ4n) is 2.24. The number of anilines is 1. The Morgan fingerprint density at radius 1 is 1.39 bits per heavy atom. The lowest BCUT2D eigenvalue weighted by Crippen LogP contribution is -2.33. The predicted octanol–water partition coefficient (Wildman–Crippen LogP) is 2.47. The van der Waals surface area contributed by atoms with Gasteiger partial charge in [0.25, 0.3) is 0 Å². The number of nitrogens with one attached hydrogen (secondary N) is 1. The number of rotatable bonds is 5. The summed E-state index contributed by atoms with van der Waals surface area (Å²) in [6.45, 7) is -0.350. The Hall–Kier alpha value is -2.20. The molecule has 2 atom stereocenters. The summed E-state index contributed by atoms with van der Waals surface area (Å²) in [5.74, 6) is -0.423. The van der Waals surface area contributed by atoms with Gasteiger partial charge in [-0.05, 0) is 18.2 Å². The summed E-state index contributed by atoms with van der Waals surface area (Å²) in [5, 5.41) is 20.2. The van der Waals surface area contributed by atoms with Crippen molar-refractivity contribution in [3.05, 3.63) is 23.8 Å². The lowest BCUT2D eigenvalue weighted by molar-refractivity contribution is -0.274. The maximum absolute atomic E-state index is 12.3. The SMILES string of the molecule is O=C(O)OC1CC(OCCO)c2cc(OC(F)(F)F)ccc2N1. The second kappa shape index (κ2) is 6.92. The van der Waals surface area contributed by atoms with Gasteiger partial charge in [0.05, 0.1) is 19.3 Å². The number of carbonyl (C=O) groups is 1. The Morgan fingerprint density at radius 3 is 2.74 bits per heavy atom. The Labute approximate surface area is 128 Å². The zero-order valence-electron chi connectivity index (χ0n) is 11.7. The fraction of sp³-hybridized carbons (Fsp3) is 0.462. The maximum Gasteiger partial charge on any atom is 0.573 e. The molecular weight excluding hydrogens is 323 g/mol. The van der Waals surface area contributed by atoms with Crippen LogP contribution in [0.5, 0.6) is 5.75 Å². The molecule has 23 heavy (non-hydrogen) atoms. The maximum atomic E-state index is 12.3. The molecule has 0 saturated heterocycles. The number of benzene rings is 1. The van der Waals surface area contributed by atoms with Gasteiger partial charge < -0.3 is 29.7 Å². The van der Waals surface area contributed by atoms with Crippen molar-refractivity contribution in [2.75, 3.05) is 18.5 Å². The zero-order valence-corrected chi connectivity index (χ0v) is 11.7. The summed E-state index contributed by atoms with van der Waals surface area (Å²) in [6.07, 6.45) is -7.96. The van der Waals surface area contributed by atoms with Crippen LogP contribution in [-0.4, -0.2) is 42.2 Å². The summed E-state index contributed by atoms with van der Waals surface area (Å²) in [5.41, 5.74) is 0.713. The van der Waals surface area contributed by atoms with Crippen LogP contribution in [0.25, 0.3) is 0 Å². The van der Waals surface area contributed by atoms with Gasteiger partial charge in [0.2, 0.25) is 0 Å². The molecule has 0 fully saturated rings. The summed E-state index contributed by atoms with van der Waals surface area (Å²) in [7, 11) is 0. The average Bonchev–Trinajstić information content (AvgIpc) is 2.42. The van der Waals surface area contributed by atoms with Gasteiger partial charge >= 0.3 is 12.5 Å². The number of hydrogen-bond donors (Lipinski definition) is 3. The smallest absolute Gasteiger partial charge is 0.450 e. The number of ether oxygens (including phenoxy) is 3. The van der Waals surface area contributed by atoms with Crippen LogP contribution in [0.4, 0.5) is 23.7 Å². The number of fused-ring (bicyclic) bond motifs is 1. The minimum Gasteiger partial charge on any atom is -0.450 e. The van der Waals surface area contributed by atoms with Crippen LogP contribution < -0.4 is 10.1 Å². The van der Waals surface area contributed by atoms with Crippen LogP contribution in [0.2, 0.25) is 0 Å². The van der Waals surface area contributed by atoms with Crippen LogP contribution in [0.15, 0.2) is 18.2 Å². The highest BCUT2D eigenvalue weighted by Gasteiger charge is 2.33. The van der Waals surface area contributed by atoms with Crippen molar-refractivity contribution in [2.45, 2.75) is 25.1 Å². The van der Waals surface area contributed by atoms with Crippen LogP contribution in [0.1, 0.15) is 18.1 Å².